The lowest BCUT2D eigenvalue weighted by Crippen LogP contribution is -2.44. The Bertz CT molecular complexity index is 211. The number of unbranched alkanes of at least 4 members (excludes halogenated alkanes) is 1. The smallest absolute Gasteiger partial charge is 0.220 e. The van der Waals surface area contributed by atoms with Gasteiger partial charge in [-0.15, -0.1) is 0 Å². The topological polar surface area (TPSA) is 32.3 Å². The third kappa shape index (κ3) is 5.30. The highest BCUT2D eigenvalue weighted by molar-refractivity contribution is 9.09. The Morgan fingerprint density at radius 3 is 2.94 bits per heavy atom. The zero-order valence-electron chi connectivity index (χ0n) is 10.2. The fourth-order valence-corrected chi connectivity index (χ4v) is 2.50. The summed E-state index contributed by atoms with van der Waals surface area (Å²) in [7, 11) is 2.15. The summed E-state index contributed by atoms with van der Waals surface area (Å²) in [6, 6.07) is 0.550. The van der Waals surface area contributed by atoms with Crippen LogP contribution in [0.5, 0.6) is 0 Å². The maximum absolute atomic E-state index is 11.5. The first-order valence-corrected chi connectivity index (χ1v) is 7.39. The van der Waals surface area contributed by atoms with Gasteiger partial charge in [-0.2, -0.15) is 0 Å². The molecule has 0 bridgehead atoms. The molecule has 0 spiro atoms. The highest BCUT2D eigenvalue weighted by Crippen LogP contribution is 2.13. The number of halogens is 1. The van der Waals surface area contributed by atoms with Crippen molar-refractivity contribution in [2.75, 3.05) is 25.5 Å². The van der Waals surface area contributed by atoms with E-state index in [2.05, 4.69) is 33.2 Å². The lowest BCUT2D eigenvalue weighted by Gasteiger charge is -2.32. The molecule has 1 atom stereocenters. The second kappa shape index (κ2) is 8.07. The van der Waals surface area contributed by atoms with E-state index in [1.165, 1.54) is 25.8 Å². The number of nitrogens with one attached hydrogen (secondary N) is 1. The number of carbonyl (C=O) groups excluding carboxylic acids is 1. The molecule has 1 rings (SSSR count). The molecule has 1 amide bonds. The first-order valence-electron chi connectivity index (χ1n) is 6.27. The zero-order valence-corrected chi connectivity index (χ0v) is 11.8. The van der Waals surface area contributed by atoms with Gasteiger partial charge in [0.25, 0.3) is 0 Å². The minimum absolute atomic E-state index is 0.208. The predicted octanol–water partition coefficient (Wildman–Crippen LogP) is 2.15. The molecule has 1 aliphatic rings. The summed E-state index contributed by atoms with van der Waals surface area (Å²) in [5.74, 6) is 0.208. The zero-order chi connectivity index (χ0) is 11.8. The summed E-state index contributed by atoms with van der Waals surface area (Å²) in [4.78, 5) is 13.9. The first kappa shape index (κ1) is 14.0. The molecule has 0 aromatic carbocycles. The van der Waals surface area contributed by atoms with Crippen LogP contribution in [0.4, 0.5) is 0 Å². The Morgan fingerprint density at radius 1 is 1.44 bits per heavy atom. The Morgan fingerprint density at radius 2 is 2.25 bits per heavy atom. The van der Waals surface area contributed by atoms with Crippen LogP contribution in [0.1, 0.15) is 38.5 Å². The number of amides is 1. The second-order valence-corrected chi connectivity index (χ2v) is 5.37. The van der Waals surface area contributed by atoms with Crippen LogP contribution in [-0.4, -0.2) is 42.3 Å². The summed E-state index contributed by atoms with van der Waals surface area (Å²) in [6.45, 7) is 1.99. The molecule has 94 valence electrons. The summed E-state index contributed by atoms with van der Waals surface area (Å²) in [5.41, 5.74) is 0. The maximum Gasteiger partial charge on any atom is 0.220 e. The van der Waals surface area contributed by atoms with Crippen molar-refractivity contribution in [2.45, 2.75) is 44.6 Å². The van der Waals surface area contributed by atoms with E-state index in [4.69, 9.17) is 0 Å². The standard InChI is InChI=1S/C12H23BrN2O/c1-15-9-5-3-6-11(15)10-14-12(16)7-2-4-8-13/h11H,2-10H2,1H3,(H,14,16). The molecular formula is C12H23BrN2O. The van der Waals surface area contributed by atoms with Gasteiger partial charge in [-0.25, -0.2) is 0 Å². The van der Waals surface area contributed by atoms with Gasteiger partial charge in [0.1, 0.15) is 0 Å². The normalized spacial score (nSPS) is 22.0. The molecule has 0 aromatic rings. The van der Waals surface area contributed by atoms with Crippen LogP contribution >= 0.6 is 15.9 Å². The molecule has 1 fully saturated rings. The van der Waals surface area contributed by atoms with Gasteiger partial charge in [-0.3, -0.25) is 4.79 Å². The molecule has 0 radical (unpaired) electrons. The fourth-order valence-electron chi connectivity index (χ4n) is 2.10. The van der Waals surface area contributed by atoms with Crippen LogP contribution in [0.3, 0.4) is 0 Å². The van der Waals surface area contributed by atoms with Crippen molar-refractivity contribution in [1.82, 2.24) is 10.2 Å². The van der Waals surface area contributed by atoms with Crippen molar-refractivity contribution in [3.8, 4) is 0 Å². The van der Waals surface area contributed by atoms with Gasteiger partial charge in [0, 0.05) is 24.3 Å². The van der Waals surface area contributed by atoms with Crippen LogP contribution in [0.25, 0.3) is 0 Å². The van der Waals surface area contributed by atoms with E-state index >= 15 is 0 Å². The number of hydrogen-bond donors (Lipinski definition) is 1. The van der Waals surface area contributed by atoms with Crippen LogP contribution in [0, 0.1) is 0 Å². The second-order valence-electron chi connectivity index (χ2n) is 4.58. The van der Waals surface area contributed by atoms with E-state index in [9.17, 15) is 4.79 Å². The van der Waals surface area contributed by atoms with Crippen molar-refractivity contribution < 1.29 is 4.79 Å². The summed E-state index contributed by atoms with van der Waals surface area (Å²) >= 11 is 3.37. The van der Waals surface area contributed by atoms with Gasteiger partial charge in [0.05, 0.1) is 0 Å². The van der Waals surface area contributed by atoms with E-state index in [1.54, 1.807) is 0 Å². The van der Waals surface area contributed by atoms with E-state index in [-0.39, 0.29) is 5.91 Å². The van der Waals surface area contributed by atoms with Gasteiger partial charge in [0.2, 0.25) is 5.91 Å². The highest BCUT2D eigenvalue weighted by Gasteiger charge is 2.18. The van der Waals surface area contributed by atoms with Gasteiger partial charge < -0.3 is 10.2 Å². The van der Waals surface area contributed by atoms with E-state index in [1.807, 2.05) is 0 Å². The number of hydrogen-bond acceptors (Lipinski definition) is 2. The summed E-state index contributed by atoms with van der Waals surface area (Å²) < 4.78 is 0. The molecule has 0 aromatic heterocycles. The van der Waals surface area contributed by atoms with Gasteiger partial charge in [-0.05, 0) is 39.3 Å². The molecule has 3 nitrogen and oxygen atoms in total. The number of rotatable bonds is 6. The first-order chi connectivity index (χ1) is 7.74. The number of piperidine rings is 1. The third-order valence-electron chi connectivity index (χ3n) is 3.24. The molecule has 16 heavy (non-hydrogen) atoms. The van der Waals surface area contributed by atoms with E-state index < -0.39 is 0 Å². The summed E-state index contributed by atoms with van der Waals surface area (Å²) in [5, 5.41) is 4.04. The van der Waals surface area contributed by atoms with E-state index in [0.29, 0.717) is 12.5 Å². The monoisotopic (exact) mass is 290 g/mol. The number of likely N-dealkylation sites (tertiary alicyclic amines) is 1. The molecule has 1 N–H and O–H groups in total. The number of alkyl halides is 1. The SMILES string of the molecule is CN1CCCCC1CNC(=O)CCCCBr. The molecule has 1 aliphatic heterocycles. The number of carbonyl (C=O) groups is 1. The van der Waals surface area contributed by atoms with Gasteiger partial charge in [-0.1, -0.05) is 22.4 Å². The molecule has 1 saturated heterocycles. The third-order valence-corrected chi connectivity index (χ3v) is 3.80. The number of likely N-dealkylation sites (N-methyl/N-ethyl adjacent to an activating group) is 1. The number of nitrogens with zero attached hydrogens (tertiary/aromatic N) is 1. The highest BCUT2D eigenvalue weighted by atomic mass is 79.9. The molecule has 1 heterocycles. The van der Waals surface area contributed by atoms with Crippen molar-refractivity contribution in [2.24, 2.45) is 0 Å². The Labute approximate surface area is 107 Å². The maximum atomic E-state index is 11.5. The Kier molecular flexibility index (Phi) is 7.05. The van der Waals surface area contributed by atoms with Crippen LogP contribution in [0.15, 0.2) is 0 Å². The molecule has 0 aliphatic carbocycles. The molecule has 4 heteroatoms. The minimum atomic E-state index is 0.208. The Balaban J connectivity index is 2.10. The van der Waals surface area contributed by atoms with Gasteiger partial charge in [0.15, 0.2) is 0 Å². The average molecular weight is 291 g/mol. The van der Waals surface area contributed by atoms with Gasteiger partial charge >= 0.3 is 0 Å². The lowest BCUT2D eigenvalue weighted by molar-refractivity contribution is -0.121. The quantitative estimate of drug-likeness (QED) is 0.601. The fraction of sp³-hybridized carbons (Fsp3) is 0.917. The van der Waals surface area contributed by atoms with Crippen molar-refractivity contribution in [1.29, 1.82) is 0 Å². The van der Waals surface area contributed by atoms with Crippen LogP contribution in [0.2, 0.25) is 0 Å². The van der Waals surface area contributed by atoms with Crippen molar-refractivity contribution >= 4 is 21.8 Å². The minimum Gasteiger partial charge on any atom is -0.355 e. The van der Waals surface area contributed by atoms with Crippen molar-refractivity contribution in [3.05, 3.63) is 0 Å². The molecular weight excluding hydrogens is 268 g/mol. The predicted molar refractivity (Wildman–Crippen MR) is 70.9 cm³/mol. The van der Waals surface area contributed by atoms with Crippen LogP contribution < -0.4 is 5.32 Å². The van der Waals surface area contributed by atoms with E-state index in [0.717, 1.165) is 24.7 Å². The molecule has 1 unspecified atom stereocenters. The van der Waals surface area contributed by atoms with Crippen molar-refractivity contribution in [3.63, 3.8) is 0 Å². The summed E-state index contributed by atoms with van der Waals surface area (Å²) in [6.07, 6.45) is 6.55. The Hall–Kier alpha value is -0.0900. The average Bonchev–Trinajstić information content (AvgIpc) is 2.28. The van der Waals surface area contributed by atoms with Crippen LogP contribution in [-0.2, 0) is 4.79 Å². The largest absolute Gasteiger partial charge is 0.355 e. The lowest BCUT2D eigenvalue weighted by atomic mass is 10.0. The molecule has 0 saturated carbocycles.